The van der Waals surface area contributed by atoms with E-state index in [2.05, 4.69) is 30.0 Å². The molecule has 0 bridgehead atoms. The quantitative estimate of drug-likeness (QED) is 0.709. The van der Waals surface area contributed by atoms with E-state index in [0.29, 0.717) is 12.5 Å². The van der Waals surface area contributed by atoms with Crippen molar-refractivity contribution in [2.24, 2.45) is 0 Å². The molecule has 1 aromatic rings. The number of nitrogens with zero attached hydrogens (tertiary/aromatic N) is 2. The third-order valence-corrected chi connectivity index (χ3v) is 2.87. The second-order valence-electron chi connectivity index (χ2n) is 3.83. The fourth-order valence-corrected chi connectivity index (χ4v) is 1.80. The molecule has 0 N–H and O–H groups in total. The highest BCUT2D eigenvalue weighted by Crippen LogP contribution is 2.26. The van der Waals surface area contributed by atoms with Gasteiger partial charge in [-0.2, -0.15) is 5.26 Å². The Balaban J connectivity index is 2.10. The summed E-state index contributed by atoms with van der Waals surface area (Å²) in [6.07, 6.45) is 1.80. The lowest BCUT2D eigenvalue weighted by atomic mass is 10.0. The maximum atomic E-state index is 8.54. The van der Waals surface area contributed by atoms with Crippen molar-refractivity contribution in [3.8, 4) is 6.07 Å². The molecule has 0 aliphatic carbocycles. The minimum atomic E-state index is 0.510. The van der Waals surface area contributed by atoms with E-state index in [1.807, 2.05) is 12.1 Å². The van der Waals surface area contributed by atoms with Crippen LogP contribution in [0.1, 0.15) is 18.9 Å². The fraction of sp³-hybridized carbons (Fsp3) is 0.417. The van der Waals surface area contributed by atoms with Crippen LogP contribution in [-0.2, 0) is 6.42 Å². The van der Waals surface area contributed by atoms with Crippen molar-refractivity contribution in [2.45, 2.75) is 25.8 Å². The number of hydrogen-bond donors (Lipinski definition) is 0. The molecule has 72 valence electrons. The average Bonchev–Trinajstić information content (AvgIpc) is 2.19. The van der Waals surface area contributed by atoms with E-state index in [1.165, 1.54) is 18.7 Å². The molecule has 0 saturated carbocycles. The molecule has 1 fully saturated rings. The topological polar surface area (TPSA) is 27.0 Å². The van der Waals surface area contributed by atoms with E-state index in [9.17, 15) is 0 Å². The molecule has 1 aliphatic heterocycles. The molecule has 0 aromatic heterocycles. The number of nitriles is 1. The fourth-order valence-electron chi connectivity index (χ4n) is 1.80. The van der Waals surface area contributed by atoms with Gasteiger partial charge in [0.2, 0.25) is 0 Å². The second-order valence-corrected chi connectivity index (χ2v) is 3.83. The molecular weight excluding hydrogens is 172 g/mol. The minimum absolute atomic E-state index is 0.510. The maximum Gasteiger partial charge on any atom is 0.0669 e. The first-order valence-electron chi connectivity index (χ1n) is 5.04. The normalized spacial score (nSPS) is 20.0. The van der Waals surface area contributed by atoms with Crippen LogP contribution in [0.25, 0.3) is 0 Å². The first-order chi connectivity index (χ1) is 6.81. The zero-order valence-corrected chi connectivity index (χ0v) is 8.40. The van der Waals surface area contributed by atoms with Gasteiger partial charge in [-0.1, -0.05) is 12.1 Å². The van der Waals surface area contributed by atoms with Crippen molar-refractivity contribution in [1.29, 1.82) is 5.26 Å². The van der Waals surface area contributed by atoms with Gasteiger partial charge in [-0.25, -0.2) is 0 Å². The van der Waals surface area contributed by atoms with E-state index < -0.39 is 0 Å². The van der Waals surface area contributed by atoms with E-state index in [4.69, 9.17) is 5.26 Å². The van der Waals surface area contributed by atoms with Gasteiger partial charge in [-0.15, -0.1) is 0 Å². The first-order valence-corrected chi connectivity index (χ1v) is 5.04. The van der Waals surface area contributed by atoms with Gasteiger partial charge in [0.15, 0.2) is 0 Å². The first kappa shape index (κ1) is 9.08. The van der Waals surface area contributed by atoms with Crippen molar-refractivity contribution in [2.75, 3.05) is 11.4 Å². The maximum absolute atomic E-state index is 8.54. The Morgan fingerprint density at radius 1 is 1.43 bits per heavy atom. The van der Waals surface area contributed by atoms with Crippen molar-refractivity contribution < 1.29 is 0 Å². The average molecular weight is 186 g/mol. The molecule has 2 heteroatoms. The van der Waals surface area contributed by atoms with Crippen molar-refractivity contribution >= 4 is 5.69 Å². The van der Waals surface area contributed by atoms with Crippen LogP contribution >= 0.6 is 0 Å². The SMILES string of the molecule is CC1CCN1c1ccc(CC#N)cc1. The van der Waals surface area contributed by atoms with Crippen LogP contribution in [-0.4, -0.2) is 12.6 Å². The molecule has 1 unspecified atom stereocenters. The van der Waals surface area contributed by atoms with Crippen molar-refractivity contribution in [3.63, 3.8) is 0 Å². The van der Waals surface area contributed by atoms with Gasteiger partial charge in [0, 0.05) is 18.3 Å². The monoisotopic (exact) mass is 186 g/mol. The van der Waals surface area contributed by atoms with Gasteiger partial charge >= 0.3 is 0 Å². The molecule has 2 nitrogen and oxygen atoms in total. The molecule has 1 atom stereocenters. The molecule has 2 rings (SSSR count). The third kappa shape index (κ3) is 1.58. The van der Waals surface area contributed by atoms with Gasteiger partial charge in [-0.3, -0.25) is 0 Å². The minimum Gasteiger partial charge on any atom is -0.369 e. The number of benzene rings is 1. The van der Waals surface area contributed by atoms with Gasteiger partial charge in [-0.05, 0) is 31.0 Å². The van der Waals surface area contributed by atoms with Crippen LogP contribution < -0.4 is 4.90 Å². The standard InChI is InChI=1S/C12H14N2/c1-10-7-9-14(10)12-4-2-11(3-5-12)6-8-13/h2-5,10H,6-7,9H2,1H3. The summed E-state index contributed by atoms with van der Waals surface area (Å²) in [5.41, 5.74) is 2.38. The second kappa shape index (κ2) is 3.71. The Hall–Kier alpha value is -1.49. The highest BCUT2D eigenvalue weighted by molar-refractivity contribution is 5.50. The molecular formula is C12H14N2. The zero-order valence-electron chi connectivity index (χ0n) is 8.40. The third-order valence-electron chi connectivity index (χ3n) is 2.87. The van der Waals surface area contributed by atoms with E-state index in [-0.39, 0.29) is 0 Å². The molecule has 1 saturated heterocycles. The Kier molecular flexibility index (Phi) is 2.41. The Labute approximate surface area is 84.8 Å². The zero-order chi connectivity index (χ0) is 9.97. The lowest BCUT2D eigenvalue weighted by molar-refractivity contribution is 0.481. The highest BCUT2D eigenvalue weighted by Gasteiger charge is 2.23. The van der Waals surface area contributed by atoms with Gasteiger partial charge in [0.1, 0.15) is 0 Å². The predicted octanol–water partition coefficient (Wildman–Crippen LogP) is 2.35. The lowest BCUT2D eigenvalue weighted by Crippen LogP contribution is -2.45. The largest absolute Gasteiger partial charge is 0.369 e. The number of rotatable bonds is 2. The summed E-state index contributed by atoms with van der Waals surface area (Å²) in [6.45, 7) is 3.41. The van der Waals surface area contributed by atoms with Crippen LogP contribution in [0.5, 0.6) is 0 Å². The van der Waals surface area contributed by atoms with Crippen molar-refractivity contribution in [3.05, 3.63) is 29.8 Å². The molecule has 1 aliphatic rings. The Morgan fingerprint density at radius 3 is 2.57 bits per heavy atom. The summed E-state index contributed by atoms with van der Waals surface area (Å²) in [7, 11) is 0. The van der Waals surface area contributed by atoms with E-state index in [0.717, 1.165) is 5.56 Å². The van der Waals surface area contributed by atoms with Crippen LogP contribution in [0, 0.1) is 11.3 Å². The van der Waals surface area contributed by atoms with E-state index in [1.54, 1.807) is 0 Å². The smallest absolute Gasteiger partial charge is 0.0669 e. The van der Waals surface area contributed by atoms with E-state index >= 15 is 0 Å². The van der Waals surface area contributed by atoms with Crippen LogP contribution in [0.15, 0.2) is 24.3 Å². The van der Waals surface area contributed by atoms with Gasteiger partial charge in [0.05, 0.1) is 12.5 Å². The predicted molar refractivity (Wildman–Crippen MR) is 57.2 cm³/mol. The summed E-state index contributed by atoms with van der Waals surface area (Å²) < 4.78 is 0. The molecule has 0 spiro atoms. The summed E-state index contributed by atoms with van der Waals surface area (Å²) in [6, 6.07) is 11.2. The summed E-state index contributed by atoms with van der Waals surface area (Å²) >= 11 is 0. The summed E-state index contributed by atoms with van der Waals surface area (Å²) in [4.78, 5) is 2.39. The molecule has 0 amide bonds. The molecule has 14 heavy (non-hydrogen) atoms. The van der Waals surface area contributed by atoms with Crippen molar-refractivity contribution in [1.82, 2.24) is 0 Å². The number of hydrogen-bond acceptors (Lipinski definition) is 2. The number of anilines is 1. The molecule has 1 aromatic carbocycles. The van der Waals surface area contributed by atoms with Crippen LogP contribution in [0.2, 0.25) is 0 Å². The van der Waals surface area contributed by atoms with Crippen LogP contribution in [0.3, 0.4) is 0 Å². The Morgan fingerprint density at radius 2 is 2.14 bits per heavy atom. The molecule has 1 heterocycles. The lowest BCUT2D eigenvalue weighted by Gasteiger charge is -2.40. The summed E-state index contributed by atoms with van der Waals surface area (Å²) in [5.74, 6) is 0. The van der Waals surface area contributed by atoms with Gasteiger partial charge in [0.25, 0.3) is 0 Å². The molecule has 0 radical (unpaired) electrons. The highest BCUT2D eigenvalue weighted by atomic mass is 15.2. The Bertz CT molecular complexity index is 348. The summed E-state index contributed by atoms with van der Waals surface area (Å²) in [5, 5.41) is 8.54. The van der Waals surface area contributed by atoms with Gasteiger partial charge < -0.3 is 4.90 Å². The van der Waals surface area contributed by atoms with Crippen LogP contribution in [0.4, 0.5) is 5.69 Å².